The number of allylic oxidation sites excluding steroid dienone is 1. The van der Waals surface area contributed by atoms with Crippen LogP contribution >= 0.6 is 0 Å². The average Bonchev–Trinajstić information content (AvgIpc) is 1.96. The van der Waals surface area contributed by atoms with Gasteiger partial charge in [-0.2, -0.15) is 0 Å². The van der Waals surface area contributed by atoms with Crippen LogP contribution in [0.2, 0.25) is 0 Å². The van der Waals surface area contributed by atoms with E-state index in [0.717, 1.165) is 18.4 Å². The fraction of sp³-hybridized carbons (Fsp3) is 0.727. The molecule has 0 aromatic rings. The van der Waals surface area contributed by atoms with Crippen molar-refractivity contribution in [1.29, 1.82) is 0 Å². The molecule has 2 nitrogen and oxygen atoms in total. The zero-order valence-corrected chi connectivity index (χ0v) is 8.85. The van der Waals surface area contributed by atoms with Crippen molar-refractivity contribution in [3.05, 3.63) is 11.1 Å². The quantitative estimate of drug-likeness (QED) is 0.677. The number of carbonyl (C=O) groups is 1. The molecule has 2 heteroatoms. The summed E-state index contributed by atoms with van der Waals surface area (Å²) in [5.74, 6) is -0.281. The molecule has 0 radical (unpaired) electrons. The highest BCUT2D eigenvalue weighted by atomic mass is 16.4. The van der Waals surface area contributed by atoms with Crippen molar-refractivity contribution < 1.29 is 9.90 Å². The summed E-state index contributed by atoms with van der Waals surface area (Å²) >= 11 is 0. The maximum atomic E-state index is 11.1. The second-order valence-electron chi connectivity index (χ2n) is 4.62. The predicted molar refractivity (Wildman–Crippen MR) is 52.5 cm³/mol. The predicted octanol–water partition coefficient (Wildman–Crippen LogP) is 2.84. The number of rotatable bonds is 1. The first-order chi connectivity index (χ1) is 5.87. The van der Waals surface area contributed by atoms with E-state index < -0.39 is 5.97 Å². The maximum absolute atomic E-state index is 11.1. The van der Waals surface area contributed by atoms with Crippen LogP contribution in [0.5, 0.6) is 0 Å². The van der Waals surface area contributed by atoms with Crippen molar-refractivity contribution >= 4 is 5.97 Å². The first-order valence-electron chi connectivity index (χ1n) is 4.81. The Morgan fingerprint density at radius 2 is 2.08 bits per heavy atom. The topological polar surface area (TPSA) is 37.3 Å². The Labute approximate surface area is 79.6 Å². The van der Waals surface area contributed by atoms with Gasteiger partial charge in [0.25, 0.3) is 0 Å². The molecule has 0 heterocycles. The van der Waals surface area contributed by atoms with Crippen LogP contribution in [0.1, 0.15) is 40.5 Å². The zero-order valence-electron chi connectivity index (χ0n) is 8.85. The van der Waals surface area contributed by atoms with Gasteiger partial charge in [0, 0.05) is 5.57 Å². The molecule has 0 bridgehead atoms. The number of carboxylic acids is 1. The van der Waals surface area contributed by atoms with Crippen LogP contribution in [0.4, 0.5) is 0 Å². The van der Waals surface area contributed by atoms with Crippen LogP contribution in [-0.2, 0) is 4.79 Å². The molecule has 1 aliphatic carbocycles. The van der Waals surface area contributed by atoms with E-state index in [9.17, 15) is 4.79 Å². The van der Waals surface area contributed by atoms with Crippen LogP contribution in [0.3, 0.4) is 0 Å². The van der Waals surface area contributed by atoms with Gasteiger partial charge in [-0.05, 0) is 31.1 Å². The van der Waals surface area contributed by atoms with Crippen molar-refractivity contribution in [2.75, 3.05) is 0 Å². The van der Waals surface area contributed by atoms with E-state index in [4.69, 9.17) is 5.11 Å². The summed E-state index contributed by atoms with van der Waals surface area (Å²) in [7, 11) is 0. The van der Waals surface area contributed by atoms with Gasteiger partial charge in [0.1, 0.15) is 0 Å². The van der Waals surface area contributed by atoms with Crippen molar-refractivity contribution in [3.63, 3.8) is 0 Å². The van der Waals surface area contributed by atoms with Crippen molar-refractivity contribution in [3.8, 4) is 0 Å². The molecule has 0 unspecified atom stereocenters. The lowest BCUT2D eigenvalue weighted by Gasteiger charge is -2.37. The van der Waals surface area contributed by atoms with Crippen LogP contribution in [-0.4, -0.2) is 11.1 Å². The Bertz CT molecular complexity index is 261. The fourth-order valence-electron chi connectivity index (χ4n) is 2.17. The second kappa shape index (κ2) is 3.17. The van der Waals surface area contributed by atoms with E-state index in [1.807, 2.05) is 20.8 Å². The molecule has 1 aliphatic rings. The van der Waals surface area contributed by atoms with E-state index in [2.05, 4.69) is 6.92 Å². The highest BCUT2D eigenvalue weighted by Gasteiger charge is 2.38. The van der Waals surface area contributed by atoms with Gasteiger partial charge in [-0.15, -0.1) is 0 Å². The molecule has 0 amide bonds. The summed E-state index contributed by atoms with van der Waals surface area (Å²) in [6.07, 6.45) is 2.04. The standard InChI is InChI=1S/C11H18O2/c1-7-5-6-8(2)11(3,4)9(7)10(12)13/h8H,5-6H2,1-4H3,(H,12,13)/t8-/m0/s1. The van der Waals surface area contributed by atoms with Gasteiger partial charge in [-0.1, -0.05) is 26.3 Å². The molecule has 0 aromatic carbocycles. The summed E-state index contributed by atoms with van der Waals surface area (Å²) in [4.78, 5) is 11.1. The zero-order chi connectivity index (χ0) is 10.2. The third-order valence-corrected chi connectivity index (χ3v) is 3.47. The third-order valence-electron chi connectivity index (χ3n) is 3.47. The van der Waals surface area contributed by atoms with Gasteiger partial charge < -0.3 is 5.11 Å². The minimum Gasteiger partial charge on any atom is -0.478 e. The Kier molecular flexibility index (Phi) is 2.51. The Morgan fingerprint density at radius 3 is 2.46 bits per heavy atom. The molecule has 0 saturated heterocycles. The molecule has 0 aliphatic heterocycles. The monoisotopic (exact) mass is 182 g/mol. The maximum Gasteiger partial charge on any atom is 0.332 e. The van der Waals surface area contributed by atoms with Gasteiger partial charge in [0.05, 0.1) is 0 Å². The largest absolute Gasteiger partial charge is 0.478 e. The number of hydrogen-bond donors (Lipinski definition) is 1. The summed E-state index contributed by atoms with van der Waals surface area (Å²) in [6, 6.07) is 0. The molecule has 0 spiro atoms. The summed E-state index contributed by atoms with van der Waals surface area (Å²) < 4.78 is 0. The Balaban J connectivity index is 3.16. The Morgan fingerprint density at radius 1 is 1.54 bits per heavy atom. The smallest absolute Gasteiger partial charge is 0.332 e. The van der Waals surface area contributed by atoms with Crippen molar-refractivity contribution in [2.45, 2.75) is 40.5 Å². The van der Waals surface area contributed by atoms with Crippen molar-refractivity contribution in [2.24, 2.45) is 11.3 Å². The van der Waals surface area contributed by atoms with Gasteiger partial charge in [-0.25, -0.2) is 4.79 Å². The van der Waals surface area contributed by atoms with Gasteiger partial charge >= 0.3 is 5.97 Å². The minimum atomic E-state index is -0.742. The lowest BCUT2D eigenvalue weighted by molar-refractivity contribution is -0.134. The molecule has 74 valence electrons. The summed E-state index contributed by atoms with van der Waals surface area (Å²) in [6.45, 7) is 8.14. The molecular weight excluding hydrogens is 164 g/mol. The fourth-order valence-corrected chi connectivity index (χ4v) is 2.17. The summed E-state index contributed by atoms with van der Waals surface area (Å²) in [5, 5.41) is 9.10. The van der Waals surface area contributed by atoms with Gasteiger partial charge in [0.2, 0.25) is 0 Å². The van der Waals surface area contributed by atoms with Crippen LogP contribution < -0.4 is 0 Å². The highest BCUT2D eigenvalue weighted by Crippen LogP contribution is 2.44. The number of carboxylic acid groups (broad SMARTS) is 1. The third kappa shape index (κ3) is 1.62. The second-order valence-corrected chi connectivity index (χ2v) is 4.62. The van der Waals surface area contributed by atoms with Crippen LogP contribution in [0.25, 0.3) is 0 Å². The molecule has 13 heavy (non-hydrogen) atoms. The molecular formula is C11H18O2. The molecule has 1 rings (SSSR count). The first-order valence-corrected chi connectivity index (χ1v) is 4.81. The number of aliphatic carboxylic acids is 1. The van der Waals surface area contributed by atoms with Crippen molar-refractivity contribution in [1.82, 2.24) is 0 Å². The van der Waals surface area contributed by atoms with E-state index in [1.165, 1.54) is 0 Å². The normalized spacial score (nSPS) is 27.5. The lowest BCUT2D eigenvalue weighted by atomic mass is 9.66. The van der Waals surface area contributed by atoms with Crippen LogP contribution in [0, 0.1) is 11.3 Å². The van der Waals surface area contributed by atoms with Crippen LogP contribution in [0.15, 0.2) is 11.1 Å². The Hall–Kier alpha value is -0.790. The van der Waals surface area contributed by atoms with E-state index >= 15 is 0 Å². The average molecular weight is 182 g/mol. The summed E-state index contributed by atoms with van der Waals surface area (Å²) in [5.41, 5.74) is 1.51. The molecule has 0 fully saturated rings. The highest BCUT2D eigenvalue weighted by molar-refractivity contribution is 5.89. The lowest BCUT2D eigenvalue weighted by Crippen LogP contribution is -2.32. The van der Waals surface area contributed by atoms with Gasteiger partial charge in [-0.3, -0.25) is 0 Å². The number of hydrogen-bond acceptors (Lipinski definition) is 1. The molecule has 1 atom stereocenters. The molecule has 0 aromatic heterocycles. The first kappa shape index (κ1) is 10.3. The van der Waals surface area contributed by atoms with Gasteiger partial charge in [0.15, 0.2) is 0 Å². The van der Waals surface area contributed by atoms with E-state index in [-0.39, 0.29) is 5.41 Å². The SMILES string of the molecule is CC1=C(C(=O)O)C(C)(C)[C@@H](C)CC1. The van der Waals surface area contributed by atoms with E-state index in [1.54, 1.807) is 0 Å². The minimum absolute atomic E-state index is 0.172. The molecule has 1 N–H and O–H groups in total. The molecule has 0 saturated carbocycles. The van der Waals surface area contributed by atoms with E-state index in [0.29, 0.717) is 11.5 Å².